The topological polar surface area (TPSA) is 70.2 Å². The first-order valence-corrected chi connectivity index (χ1v) is 10.1. The van der Waals surface area contributed by atoms with Crippen LogP contribution in [-0.4, -0.2) is 40.4 Å². The Morgan fingerprint density at radius 3 is 2.79 bits per heavy atom. The van der Waals surface area contributed by atoms with Crippen LogP contribution >= 0.6 is 0 Å². The van der Waals surface area contributed by atoms with Gasteiger partial charge in [0.05, 0.1) is 24.0 Å². The Hall–Kier alpha value is -2.34. The summed E-state index contributed by atoms with van der Waals surface area (Å²) in [5.41, 5.74) is 4.23. The first-order chi connectivity index (χ1) is 13.3. The van der Waals surface area contributed by atoms with E-state index in [0.29, 0.717) is 19.6 Å². The molecule has 1 aromatic carbocycles. The van der Waals surface area contributed by atoms with Crippen LogP contribution in [0.4, 0.5) is 4.79 Å². The molecule has 0 radical (unpaired) electrons. The zero-order valence-electron chi connectivity index (χ0n) is 17.4. The van der Waals surface area contributed by atoms with Gasteiger partial charge in [-0.25, -0.2) is 4.79 Å². The van der Waals surface area contributed by atoms with Gasteiger partial charge in [-0.1, -0.05) is 45.0 Å². The summed E-state index contributed by atoms with van der Waals surface area (Å²) < 4.78 is 5.77. The highest BCUT2D eigenvalue weighted by Gasteiger charge is 2.23. The maximum absolute atomic E-state index is 12.9. The van der Waals surface area contributed by atoms with Crippen molar-refractivity contribution in [2.24, 2.45) is 0 Å². The summed E-state index contributed by atoms with van der Waals surface area (Å²) in [5, 5.41) is 10.4. The number of urea groups is 1. The van der Waals surface area contributed by atoms with Gasteiger partial charge in [0.1, 0.15) is 0 Å². The number of hydrogen-bond acceptors (Lipinski definition) is 3. The van der Waals surface area contributed by atoms with Gasteiger partial charge in [0.25, 0.3) is 0 Å². The molecule has 1 aliphatic heterocycles. The minimum atomic E-state index is -0.0781. The third-order valence-electron chi connectivity index (χ3n) is 5.19. The highest BCUT2D eigenvalue weighted by molar-refractivity contribution is 5.74. The quantitative estimate of drug-likeness (QED) is 0.793. The highest BCUT2D eigenvalue weighted by atomic mass is 16.5. The van der Waals surface area contributed by atoms with Crippen molar-refractivity contribution in [2.45, 2.75) is 65.1 Å². The molecule has 28 heavy (non-hydrogen) atoms. The number of hydrogen-bond donors (Lipinski definition) is 2. The van der Waals surface area contributed by atoms with Crippen molar-refractivity contribution in [1.82, 2.24) is 20.4 Å². The predicted octanol–water partition coefficient (Wildman–Crippen LogP) is 3.91. The Morgan fingerprint density at radius 2 is 2.14 bits per heavy atom. The summed E-state index contributed by atoms with van der Waals surface area (Å²) in [6.07, 6.45) is 2.19. The first-order valence-electron chi connectivity index (χ1n) is 10.1. The van der Waals surface area contributed by atoms with Crippen LogP contribution in [0, 0.1) is 6.92 Å². The first kappa shape index (κ1) is 20.4. The van der Waals surface area contributed by atoms with E-state index >= 15 is 0 Å². The highest BCUT2D eigenvalue weighted by Crippen LogP contribution is 2.20. The Kier molecular flexibility index (Phi) is 6.39. The van der Waals surface area contributed by atoms with Gasteiger partial charge < -0.3 is 15.0 Å². The molecule has 6 heteroatoms. The molecule has 1 aliphatic rings. The lowest BCUT2D eigenvalue weighted by molar-refractivity contribution is 0.0793. The normalized spacial score (nSPS) is 16.9. The molecular weight excluding hydrogens is 352 g/mol. The van der Waals surface area contributed by atoms with Crippen LogP contribution in [0.5, 0.6) is 0 Å². The van der Waals surface area contributed by atoms with Crippen LogP contribution < -0.4 is 5.32 Å². The molecule has 2 amide bonds. The lowest BCUT2D eigenvalue weighted by Gasteiger charge is -2.26. The monoisotopic (exact) mass is 384 g/mol. The molecule has 2 N–H and O–H groups in total. The molecule has 0 unspecified atom stereocenters. The molecule has 1 atom stereocenters. The van der Waals surface area contributed by atoms with Gasteiger partial charge in [-0.3, -0.25) is 5.10 Å². The number of aromatic amines is 1. The van der Waals surface area contributed by atoms with Gasteiger partial charge in [0.2, 0.25) is 0 Å². The zero-order valence-corrected chi connectivity index (χ0v) is 17.4. The van der Waals surface area contributed by atoms with Crippen LogP contribution in [-0.2, 0) is 23.2 Å². The van der Waals surface area contributed by atoms with Gasteiger partial charge in [-0.05, 0) is 37.0 Å². The largest absolute Gasteiger partial charge is 0.376 e. The molecule has 0 spiro atoms. The van der Waals surface area contributed by atoms with Crippen molar-refractivity contribution in [3.05, 3.63) is 52.8 Å². The number of rotatable bonds is 6. The summed E-state index contributed by atoms with van der Waals surface area (Å²) in [6.45, 7) is 10.8. The van der Waals surface area contributed by atoms with Crippen LogP contribution in [0.15, 0.2) is 30.3 Å². The summed E-state index contributed by atoms with van der Waals surface area (Å²) >= 11 is 0. The number of carbonyl (C=O) groups excluding carboxylic acids is 1. The summed E-state index contributed by atoms with van der Waals surface area (Å²) in [4.78, 5) is 14.8. The van der Waals surface area contributed by atoms with E-state index in [0.717, 1.165) is 36.4 Å². The molecule has 1 saturated heterocycles. The average molecular weight is 385 g/mol. The van der Waals surface area contributed by atoms with E-state index in [1.54, 1.807) is 0 Å². The molecule has 0 saturated carbocycles. The fourth-order valence-electron chi connectivity index (χ4n) is 3.37. The van der Waals surface area contributed by atoms with Gasteiger partial charge in [-0.2, -0.15) is 5.10 Å². The standard InChI is InChI=1S/C22H32N4O2/c1-16-8-5-6-9-17(16)14-26(15-19-10-7-11-28-19)21(27)23-13-18-12-20(25-24-18)22(2,3)4/h5-6,8-9,12,19H,7,10-11,13-15H2,1-4H3,(H,23,27)(H,24,25)/t19-/m0/s1. The minimum Gasteiger partial charge on any atom is -0.376 e. The Morgan fingerprint density at radius 1 is 1.36 bits per heavy atom. The number of H-pyrrole nitrogens is 1. The second-order valence-corrected chi connectivity index (χ2v) is 8.63. The molecule has 2 aromatic rings. The average Bonchev–Trinajstić information content (AvgIpc) is 3.32. The lowest BCUT2D eigenvalue weighted by atomic mass is 9.92. The molecule has 0 bridgehead atoms. The molecule has 2 heterocycles. The minimum absolute atomic E-state index is 0.0184. The molecular formula is C22H32N4O2. The number of aryl methyl sites for hydroxylation is 1. The lowest BCUT2D eigenvalue weighted by Crippen LogP contribution is -2.43. The van der Waals surface area contributed by atoms with Crippen molar-refractivity contribution in [2.75, 3.05) is 13.2 Å². The summed E-state index contributed by atoms with van der Waals surface area (Å²) in [6, 6.07) is 10.1. The fourth-order valence-corrected chi connectivity index (χ4v) is 3.37. The number of nitrogens with zero attached hydrogens (tertiary/aromatic N) is 2. The number of carbonyl (C=O) groups is 1. The van der Waals surface area contributed by atoms with Gasteiger partial charge >= 0.3 is 6.03 Å². The number of nitrogens with one attached hydrogen (secondary N) is 2. The van der Waals surface area contributed by atoms with Gasteiger partial charge in [0.15, 0.2) is 0 Å². The molecule has 1 aromatic heterocycles. The third kappa shape index (κ3) is 5.35. The maximum atomic E-state index is 12.9. The number of ether oxygens (including phenoxy) is 1. The Bertz CT molecular complexity index is 788. The number of amides is 2. The zero-order chi connectivity index (χ0) is 20.1. The summed E-state index contributed by atoms with van der Waals surface area (Å²) in [7, 11) is 0. The smallest absolute Gasteiger partial charge is 0.318 e. The SMILES string of the molecule is Cc1ccccc1CN(C[C@@H]1CCCO1)C(=O)NCc1cc(C(C)(C)C)n[nH]1. The fraction of sp³-hybridized carbons (Fsp3) is 0.545. The molecule has 6 nitrogen and oxygen atoms in total. The number of benzene rings is 1. The molecule has 0 aliphatic carbocycles. The van der Waals surface area contributed by atoms with Crippen molar-refractivity contribution in [3.63, 3.8) is 0 Å². The van der Waals surface area contributed by atoms with E-state index < -0.39 is 0 Å². The molecule has 3 rings (SSSR count). The molecule has 152 valence electrons. The van der Waals surface area contributed by atoms with Crippen LogP contribution in [0.2, 0.25) is 0 Å². The maximum Gasteiger partial charge on any atom is 0.318 e. The van der Waals surface area contributed by atoms with Crippen LogP contribution in [0.3, 0.4) is 0 Å². The Labute approximate surface area is 167 Å². The van der Waals surface area contributed by atoms with Crippen LogP contribution in [0.25, 0.3) is 0 Å². The van der Waals surface area contributed by atoms with E-state index in [4.69, 9.17) is 4.74 Å². The summed E-state index contributed by atoms with van der Waals surface area (Å²) in [5.74, 6) is 0. The van der Waals surface area contributed by atoms with E-state index in [-0.39, 0.29) is 17.6 Å². The molecule has 1 fully saturated rings. The van der Waals surface area contributed by atoms with Crippen molar-refractivity contribution < 1.29 is 9.53 Å². The number of aromatic nitrogens is 2. The second-order valence-electron chi connectivity index (χ2n) is 8.63. The third-order valence-corrected chi connectivity index (χ3v) is 5.19. The van der Waals surface area contributed by atoms with Gasteiger partial charge in [0, 0.05) is 25.1 Å². The van der Waals surface area contributed by atoms with Crippen molar-refractivity contribution in [1.29, 1.82) is 0 Å². The van der Waals surface area contributed by atoms with Crippen molar-refractivity contribution in [3.8, 4) is 0 Å². The van der Waals surface area contributed by atoms with E-state index in [9.17, 15) is 4.79 Å². The van der Waals surface area contributed by atoms with Crippen molar-refractivity contribution >= 4 is 6.03 Å². The van der Waals surface area contributed by atoms with E-state index in [1.165, 1.54) is 5.56 Å². The van der Waals surface area contributed by atoms with Crippen LogP contribution in [0.1, 0.15) is 56.1 Å². The van der Waals surface area contributed by atoms with E-state index in [1.807, 2.05) is 23.1 Å². The van der Waals surface area contributed by atoms with Gasteiger partial charge in [-0.15, -0.1) is 0 Å². The predicted molar refractivity (Wildman–Crippen MR) is 110 cm³/mol. The van der Waals surface area contributed by atoms with E-state index in [2.05, 4.69) is 55.3 Å². The second kappa shape index (κ2) is 8.78. The Balaban J connectivity index is 1.65.